The zero-order valence-electron chi connectivity index (χ0n) is 7.70. The van der Waals surface area contributed by atoms with E-state index in [0.29, 0.717) is 0 Å². The first kappa shape index (κ1) is 11.5. The highest BCUT2D eigenvalue weighted by molar-refractivity contribution is 5.82. The molecule has 5 nitrogen and oxygen atoms in total. The SMILES string of the molecule is C=CC(NC(=O)OCC)C(=O)OC. The maximum absolute atomic E-state index is 10.9. The lowest BCUT2D eigenvalue weighted by Crippen LogP contribution is -2.40. The number of esters is 1. The van der Waals surface area contributed by atoms with Crippen LogP contribution >= 0.6 is 0 Å². The van der Waals surface area contributed by atoms with Crippen molar-refractivity contribution in [2.45, 2.75) is 13.0 Å². The van der Waals surface area contributed by atoms with Gasteiger partial charge in [-0.2, -0.15) is 0 Å². The molecule has 0 aromatic rings. The first-order valence-corrected chi connectivity index (χ1v) is 3.79. The zero-order chi connectivity index (χ0) is 10.3. The third-order valence-electron chi connectivity index (χ3n) is 1.24. The molecule has 0 aliphatic carbocycles. The highest BCUT2D eigenvalue weighted by Gasteiger charge is 2.17. The molecule has 0 aromatic heterocycles. The van der Waals surface area contributed by atoms with Gasteiger partial charge in [0.05, 0.1) is 13.7 Å². The molecular weight excluding hydrogens is 174 g/mol. The Bertz CT molecular complexity index is 202. The van der Waals surface area contributed by atoms with Crippen LogP contribution in [0.25, 0.3) is 0 Å². The number of methoxy groups -OCH3 is 1. The zero-order valence-corrected chi connectivity index (χ0v) is 7.70. The van der Waals surface area contributed by atoms with Gasteiger partial charge in [0.15, 0.2) is 0 Å². The van der Waals surface area contributed by atoms with Gasteiger partial charge in [0, 0.05) is 0 Å². The quantitative estimate of drug-likeness (QED) is 0.513. The lowest BCUT2D eigenvalue weighted by atomic mass is 10.3. The Labute approximate surface area is 76.7 Å². The fourth-order valence-electron chi connectivity index (χ4n) is 0.641. The monoisotopic (exact) mass is 187 g/mol. The van der Waals surface area contributed by atoms with Gasteiger partial charge in [-0.3, -0.25) is 0 Å². The van der Waals surface area contributed by atoms with Gasteiger partial charge in [-0.25, -0.2) is 9.59 Å². The van der Waals surface area contributed by atoms with E-state index in [1.54, 1.807) is 6.92 Å². The predicted molar refractivity (Wildman–Crippen MR) is 46.2 cm³/mol. The van der Waals surface area contributed by atoms with Gasteiger partial charge in [0.25, 0.3) is 0 Å². The van der Waals surface area contributed by atoms with E-state index in [2.05, 4.69) is 21.4 Å². The third kappa shape index (κ3) is 4.15. The average Bonchev–Trinajstić information content (AvgIpc) is 2.13. The van der Waals surface area contributed by atoms with Crippen molar-refractivity contribution in [1.29, 1.82) is 0 Å². The van der Waals surface area contributed by atoms with Crippen molar-refractivity contribution in [3.8, 4) is 0 Å². The lowest BCUT2D eigenvalue weighted by molar-refractivity contribution is -0.141. The molecule has 0 saturated heterocycles. The van der Waals surface area contributed by atoms with Crippen LogP contribution in [0.2, 0.25) is 0 Å². The molecule has 0 radical (unpaired) electrons. The Morgan fingerprint density at radius 3 is 2.62 bits per heavy atom. The van der Waals surface area contributed by atoms with E-state index >= 15 is 0 Å². The second-order valence-electron chi connectivity index (χ2n) is 2.10. The lowest BCUT2D eigenvalue weighted by Gasteiger charge is -2.11. The van der Waals surface area contributed by atoms with Crippen LogP contribution in [0.5, 0.6) is 0 Å². The van der Waals surface area contributed by atoms with Crippen LogP contribution in [0, 0.1) is 0 Å². The molecule has 1 amide bonds. The first-order chi connectivity index (χ1) is 6.15. The van der Waals surface area contributed by atoms with Crippen molar-refractivity contribution < 1.29 is 19.1 Å². The number of amides is 1. The highest BCUT2D eigenvalue weighted by atomic mass is 16.6. The molecular formula is C8H13NO4. The first-order valence-electron chi connectivity index (χ1n) is 3.79. The summed E-state index contributed by atoms with van der Waals surface area (Å²) in [5, 5.41) is 2.26. The predicted octanol–water partition coefficient (Wildman–Crippen LogP) is 0.460. The molecule has 0 heterocycles. The van der Waals surface area contributed by atoms with Crippen molar-refractivity contribution in [2.75, 3.05) is 13.7 Å². The maximum Gasteiger partial charge on any atom is 0.408 e. The topological polar surface area (TPSA) is 64.6 Å². The molecule has 0 rings (SSSR count). The van der Waals surface area contributed by atoms with E-state index in [1.807, 2.05) is 0 Å². The largest absolute Gasteiger partial charge is 0.467 e. The summed E-state index contributed by atoms with van der Waals surface area (Å²) in [5.74, 6) is -0.581. The fraction of sp³-hybridized carbons (Fsp3) is 0.500. The minimum Gasteiger partial charge on any atom is -0.467 e. The molecule has 0 spiro atoms. The van der Waals surface area contributed by atoms with E-state index < -0.39 is 18.1 Å². The molecule has 0 aliphatic heterocycles. The number of nitrogens with one attached hydrogen (secondary N) is 1. The van der Waals surface area contributed by atoms with Gasteiger partial charge < -0.3 is 14.8 Å². The summed E-state index contributed by atoms with van der Waals surface area (Å²) in [6.07, 6.45) is 0.598. The summed E-state index contributed by atoms with van der Waals surface area (Å²) in [6.45, 7) is 5.29. The summed E-state index contributed by atoms with van der Waals surface area (Å²) in [6, 6.07) is -0.857. The van der Waals surface area contributed by atoms with Crippen molar-refractivity contribution >= 4 is 12.1 Å². The molecule has 13 heavy (non-hydrogen) atoms. The van der Waals surface area contributed by atoms with Gasteiger partial charge in [-0.15, -0.1) is 6.58 Å². The molecule has 1 atom stereocenters. The number of alkyl carbamates (subject to hydrolysis) is 1. The molecule has 1 unspecified atom stereocenters. The smallest absolute Gasteiger partial charge is 0.408 e. The summed E-state index contributed by atoms with van der Waals surface area (Å²) < 4.78 is 8.97. The maximum atomic E-state index is 10.9. The van der Waals surface area contributed by atoms with Crippen LogP contribution in [-0.4, -0.2) is 31.8 Å². The van der Waals surface area contributed by atoms with Gasteiger partial charge in [-0.05, 0) is 6.92 Å². The summed E-state index contributed by atoms with van der Waals surface area (Å²) in [4.78, 5) is 21.8. The molecule has 0 fully saturated rings. The van der Waals surface area contributed by atoms with Gasteiger partial charge in [0.2, 0.25) is 0 Å². The van der Waals surface area contributed by atoms with Crippen LogP contribution in [-0.2, 0) is 14.3 Å². The van der Waals surface area contributed by atoms with E-state index in [4.69, 9.17) is 0 Å². The van der Waals surface area contributed by atoms with Crippen molar-refractivity contribution in [3.05, 3.63) is 12.7 Å². The number of ether oxygens (including phenoxy) is 2. The molecule has 0 aliphatic rings. The highest BCUT2D eigenvalue weighted by Crippen LogP contribution is 1.90. The van der Waals surface area contributed by atoms with Crippen molar-refractivity contribution in [3.63, 3.8) is 0 Å². The summed E-state index contributed by atoms with van der Waals surface area (Å²) >= 11 is 0. The molecule has 0 bridgehead atoms. The molecule has 5 heteroatoms. The minimum atomic E-state index is -0.857. The number of hydrogen-bond acceptors (Lipinski definition) is 4. The third-order valence-corrected chi connectivity index (χ3v) is 1.24. The second-order valence-corrected chi connectivity index (χ2v) is 2.10. The number of rotatable bonds is 4. The van der Waals surface area contributed by atoms with E-state index in [-0.39, 0.29) is 6.61 Å². The summed E-state index contributed by atoms with van der Waals surface area (Å²) in [7, 11) is 1.23. The Kier molecular flexibility index (Phi) is 5.34. The fourth-order valence-corrected chi connectivity index (χ4v) is 0.641. The molecule has 74 valence electrons. The standard InChI is InChI=1S/C8H13NO4/c1-4-6(7(10)12-3)9-8(11)13-5-2/h4,6H,1,5H2,2-3H3,(H,9,11). The Morgan fingerprint density at radius 2 is 2.23 bits per heavy atom. The van der Waals surface area contributed by atoms with Crippen molar-refractivity contribution in [1.82, 2.24) is 5.32 Å². The Hall–Kier alpha value is -1.52. The summed E-state index contributed by atoms with van der Waals surface area (Å²) in [5.41, 5.74) is 0. The molecule has 0 aromatic carbocycles. The molecule has 1 N–H and O–H groups in total. The van der Waals surface area contributed by atoms with E-state index in [0.717, 1.165) is 0 Å². The normalized spacial score (nSPS) is 11.2. The van der Waals surface area contributed by atoms with Crippen LogP contribution in [0.4, 0.5) is 4.79 Å². The second kappa shape index (κ2) is 6.05. The van der Waals surface area contributed by atoms with Crippen LogP contribution in [0.1, 0.15) is 6.92 Å². The van der Waals surface area contributed by atoms with Crippen LogP contribution in [0.3, 0.4) is 0 Å². The number of hydrogen-bond donors (Lipinski definition) is 1. The van der Waals surface area contributed by atoms with Gasteiger partial charge in [0.1, 0.15) is 6.04 Å². The van der Waals surface area contributed by atoms with Crippen LogP contribution in [0.15, 0.2) is 12.7 Å². The van der Waals surface area contributed by atoms with Gasteiger partial charge in [-0.1, -0.05) is 6.08 Å². The van der Waals surface area contributed by atoms with Crippen molar-refractivity contribution in [2.24, 2.45) is 0 Å². The Balaban J connectivity index is 4.05. The van der Waals surface area contributed by atoms with E-state index in [9.17, 15) is 9.59 Å². The van der Waals surface area contributed by atoms with E-state index in [1.165, 1.54) is 13.2 Å². The van der Waals surface area contributed by atoms with Gasteiger partial charge >= 0.3 is 12.1 Å². The van der Waals surface area contributed by atoms with Crippen LogP contribution < -0.4 is 5.32 Å². The molecule has 0 saturated carbocycles. The Morgan fingerprint density at radius 1 is 1.62 bits per heavy atom. The number of carbonyl (C=O) groups is 2. The minimum absolute atomic E-state index is 0.247. The number of carbonyl (C=O) groups excluding carboxylic acids is 2. The average molecular weight is 187 g/mol.